The summed E-state index contributed by atoms with van der Waals surface area (Å²) in [7, 11) is 0. The van der Waals surface area contributed by atoms with E-state index in [1.807, 2.05) is 0 Å². The Hall–Kier alpha value is -0.257. The molecule has 11 heavy (non-hydrogen) atoms. The zero-order valence-electron chi connectivity index (χ0n) is 5.64. The van der Waals surface area contributed by atoms with Gasteiger partial charge in [0.2, 0.25) is 0 Å². The van der Waals surface area contributed by atoms with E-state index in [0.717, 1.165) is 22.5 Å². The van der Waals surface area contributed by atoms with Crippen molar-refractivity contribution in [1.29, 1.82) is 5.26 Å². The molecular weight excluding hydrogens is 262 g/mol. The van der Waals surface area contributed by atoms with Gasteiger partial charge in [-0.2, -0.15) is 0 Å². The minimum Gasteiger partial charge on any atom is -1.00 e. The van der Waals surface area contributed by atoms with Crippen LogP contribution in [-0.2, 0) is 18.3 Å². The first-order chi connectivity index (χ1) is 4.74. The smallest absolute Gasteiger partial charge is 1.00 e. The largest absolute Gasteiger partial charge is 1.00 e. The first-order valence-electron chi connectivity index (χ1n) is 2.75. The van der Waals surface area contributed by atoms with E-state index in [1.54, 1.807) is 18.2 Å². The van der Waals surface area contributed by atoms with E-state index in [1.165, 1.54) is 6.07 Å². The van der Waals surface area contributed by atoms with Gasteiger partial charge < -0.3 is 17.0 Å². The van der Waals surface area contributed by atoms with Crippen LogP contribution >= 0.6 is 0 Å². The molecule has 0 spiro atoms. The molecule has 0 N–H and O–H groups in total. The fraction of sp³-hybridized carbons (Fsp3) is 0. The molecule has 0 aliphatic carbocycles. The molecule has 0 saturated heterocycles. The fourth-order valence-corrected chi connectivity index (χ4v) is 1.33. The number of nitrogens with zero attached hydrogens (tertiary/aromatic N) is 1. The molecule has 0 aliphatic rings. The van der Waals surface area contributed by atoms with Crippen LogP contribution in [0.4, 0.5) is 4.39 Å². The molecule has 0 radical (unpaired) electrons. The quantitative estimate of drug-likeness (QED) is 0.492. The number of hydrogen-bond acceptors (Lipinski definition) is 1. The van der Waals surface area contributed by atoms with Gasteiger partial charge in [-0.3, -0.25) is 0 Å². The molecule has 0 amide bonds. The first-order valence-corrected chi connectivity index (χ1v) is 4.24. The second kappa shape index (κ2) is 4.59. The molecule has 0 saturated carbocycles. The van der Waals surface area contributed by atoms with E-state index in [9.17, 15) is 4.39 Å². The summed E-state index contributed by atoms with van der Waals surface area (Å²) >= 11 is 0.953. The van der Waals surface area contributed by atoms with Gasteiger partial charge in [-0.05, 0) is 0 Å². The Morgan fingerprint density at radius 3 is 2.55 bits per heavy atom. The van der Waals surface area contributed by atoms with E-state index >= 15 is 0 Å². The average Bonchev–Trinajstić information content (AvgIpc) is 1.94. The van der Waals surface area contributed by atoms with Crippen molar-refractivity contribution in [3.05, 3.63) is 29.6 Å². The predicted octanol–water partition coefficient (Wildman–Crippen LogP) is -2.13. The SMILES string of the molecule is N#Cc1c[c]([Zn+])ccc1F.[Br-]. The van der Waals surface area contributed by atoms with Gasteiger partial charge in [0.1, 0.15) is 0 Å². The van der Waals surface area contributed by atoms with Crippen LogP contribution in [0.1, 0.15) is 5.56 Å². The van der Waals surface area contributed by atoms with Gasteiger partial charge in [-0.15, -0.1) is 0 Å². The topological polar surface area (TPSA) is 23.8 Å². The molecule has 0 bridgehead atoms. The predicted molar refractivity (Wildman–Crippen MR) is 30.7 cm³/mol. The molecule has 1 aromatic carbocycles. The van der Waals surface area contributed by atoms with Crippen molar-refractivity contribution < 1.29 is 39.7 Å². The molecule has 0 unspecified atom stereocenters. The Labute approximate surface area is 84.7 Å². The Balaban J connectivity index is 0.000001000. The molecular formula is C7H3BrFNZn. The van der Waals surface area contributed by atoms with Gasteiger partial charge >= 0.3 is 67.8 Å². The van der Waals surface area contributed by atoms with Gasteiger partial charge in [0, 0.05) is 0 Å². The van der Waals surface area contributed by atoms with Crippen LogP contribution in [0, 0.1) is 17.1 Å². The molecule has 0 atom stereocenters. The molecule has 0 aliphatic heterocycles. The molecule has 52 valence electrons. The van der Waals surface area contributed by atoms with Gasteiger partial charge in [0.25, 0.3) is 0 Å². The summed E-state index contributed by atoms with van der Waals surface area (Å²) in [6, 6.07) is 6.38. The van der Waals surface area contributed by atoms with E-state index in [2.05, 4.69) is 0 Å². The van der Waals surface area contributed by atoms with Crippen LogP contribution in [0.15, 0.2) is 18.2 Å². The summed E-state index contributed by atoms with van der Waals surface area (Å²) in [6.45, 7) is 0. The molecule has 4 heteroatoms. The Morgan fingerprint density at radius 2 is 2.09 bits per heavy atom. The summed E-state index contributed by atoms with van der Waals surface area (Å²) in [4.78, 5) is 0. The molecule has 1 rings (SSSR count). The van der Waals surface area contributed by atoms with Crippen molar-refractivity contribution >= 4 is 4.16 Å². The summed E-state index contributed by atoms with van der Waals surface area (Å²) < 4.78 is 13.6. The van der Waals surface area contributed by atoms with Crippen LogP contribution in [0.3, 0.4) is 0 Å². The maximum Gasteiger partial charge on any atom is -1.00 e. The zero-order chi connectivity index (χ0) is 7.56. The van der Waals surface area contributed by atoms with Crippen molar-refractivity contribution in [3.8, 4) is 6.07 Å². The number of rotatable bonds is 0. The normalized spacial score (nSPS) is 8.18. The van der Waals surface area contributed by atoms with Crippen LogP contribution in [0.25, 0.3) is 0 Å². The number of nitriles is 1. The molecule has 1 nitrogen and oxygen atoms in total. The zero-order valence-corrected chi connectivity index (χ0v) is 10.2. The molecule has 0 fully saturated rings. The third-order valence-electron chi connectivity index (χ3n) is 1.15. The van der Waals surface area contributed by atoms with Crippen LogP contribution < -0.4 is 21.1 Å². The first kappa shape index (κ1) is 10.7. The summed E-state index contributed by atoms with van der Waals surface area (Å²) in [5, 5.41) is 8.37. The second-order valence-electron chi connectivity index (χ2n) is 1.93. The maximum atomic E-state index is 12.6. The van der Waals surface area contributed by atoms with Crippen LogP contribution in [-0.4, -0.2) is 0 Å². The van der Waals surface area contributed by atoms with Gasteiger partial charge in [0.15, 0.2) is 0 Å². The monoisotopic (exact) mass is 263 g/mol. The van der Waals surface area contributed by atoms with Gasteiger partial charge in [-0.25, -0.2) is 0 Å². The van der Waals surface area contributed by atoms with Gasteiger partial charge in [-0.1, -0.05) is 0 Å². The molecule has 0 heterocycles. The van der Waals surface area contributed by atoms with E-state index in [-0.39, 0.29) is 22.5 Å². The summed E-state index contributed by atoms with van der Waals surface area (Å²) in [5.74, 6) is -0.431. The Kier molecular flexibility index (Phi) is 4.48. The number of halogens is 2. The standard InChI is InChI=1S/C7H3FN.BrH.Zn/c8-7-4-2-1-3-6(7)5-9;;/h2-4H;1H;/q;;+1/p-1. The van der Waals surface area contributed by atoms with Crippen molar-refractivity contribution in [2.24, 2.45) is 0 Å². The third-order valence-corrected chi connectivity index (χ3v) is 2.07. The average molecular weight is 265 g/mol. The van der Waals surface area contributed by atoms with E-state index < -0.39 is 5.82 Å². The van der Waals surface area contributed by atoms with E-state index in [0.29, 0.717) is 0 Å². The number of benzene rings is 1. The van der Waals surface area contributed by atoms with Crippen molar-refractivity contribution in [1.82, 2.24) is 0 Å². The van der Waals surface area contributed by atoms with Gasteiger partial charge in [0.05, 0.1) is 0 Å². The third kappa shape index (κ3) is 2.69. The summed E-state index contributed by atoms with van der Waals surface area (Å²) in [5.41, 5.74) is 0.142. The van der Waals surface area contributed by atoms with Crippen molar-refractivity contribution in [3.63, 3.8) is 0 Å². The maximum absolute atomic E-state index is 12.6. The van der Waals surface area contributed by atoms with Crippen molar-refractivity contribution in [2.75, 3.05) is 0 Å². The fourth-order valence-electron chi connectivity index (χ4n) is 0.658. The minimum absolute atomic E-state index is 0. The number of hydrogen-bond donors (Lipinski definition) is 0. The van der Waals surface area contributed by atoms with Crippen LogP contribution in [0.2, 0.25) is 0 Å². The minimum atomic E-state index is -0.431. The Morgan fingerprint density at radius 1 is 1.45 bits per heavy atom. The molecule has 1 aromatic rings. The summed E-state index contributed by atoms with van der Waals surface area (Å²) in [6.07, 6.45) is 0. The second-order valence-corrected chi connectivity index (χ2v) is 3.64. The molecule has 0 aromatic heterocycles. The van der Waals surface area contributed by atoms with Crippen molar-refractivity contribution in [2.45, 2.75) is 0 Å². The van der Waals surface area contributed by atoms with E-state index in [4.69, 9.17) is 5.26 Å². The van der Waals surface area contributed by atoms with Crippen LogP contribution in [0.5, 0.6) is 0 Å². The Bertz CT molecular complexity index is 295.